The van der Waals surface area contributed by atoms with Crippen LogP contribution in [0.25, 0.3) is 0 Å². The van der Waals surface area contributed by atoms with Crippen molar-refractivity contribution in [1.82, 2.24) is 5.32 Å². The predicted molar refractivity (Wildman–Crippen MR) is 64.6 cm³/mol. The number of hydrogen-bond acceptors (Lipinski definition) is 2. The number of nitrogens with one attached hydrogen (secondary N) is 1. The number of nitrogens with two attached hydrogens (primary N) is 1. The lowest BCUT2D eigenvalue weighted by molar-refractivity contribution is -0.121. The van der Waals surface area contributed by atoms with E-state index in [1.165, 1.54) is 12.8 Å². The van der Waals surface area contributed by atoms with Crippen molar-refractivity contribution < 1.29 is 4.79 Å². The van der Waals surface area contributed by atoms with Gasteiger partial charge in [-0.1, -0.05) is 26.7 Å². The summed E-state index contributed by atoms with van der Waals surface area (Å²) in [5, 5.41) is 2.94. The van der Waals surface area contributed by atoms with E-state index in [0.717, 1.165) is 31.7 Å². The molecule has 0 aliphatic carbocycles. The quantitative estimate of drug-likeness (QED) is 0.577. The van der Waals surface area contributed by atoms with Gasteiger partial charge in [-0.05, 0) is 31.7 Å². The van der Waals surface area contributed by atoms with Crippen LogP contribution in [0.4, 0.5) is 0 Å². The molecule has 0 radical (unpaired) electrons. The summed E-state index contributed by atoms with van der Waals surface area (Å²) in [6.07, 6.45) is 6.04. The fourth-order valence-electron chi connectivity index (χ4n) is 1.42. The van der Waals surface area contributed by atoms with Gasteiger partial charge in [0.2, 0.25) is 5.91 Å². The highest BCUT2D eigenvalue weighted by molar-refractivity contribution is 5.75. The number of hydrogen-bond donors (Lipinski definition) is 2. The van der Waals surface area contributed by atoms with Gasteiger partial charge < -0.3 is 11.1 Å². The Morgan fingerprint density at radius 1 is 1.20 bits per heavy atom. The van der Waals surface area contributed by atoms with Crippen LogP contribution in [0.3, 0.4) is 0 Å². The van der Waals surface area contributed by atoms with Crippen LogP contribution in [0.15, 0.2) is 0 Å². The van der Waals surface area contributed by atoms with Crippen molar-refractivity contribution in [1.29, 1.82) is 0 Å². The molecular formula is C12H26N2O. The third-order valence-corrected chi connectivity index (χ3v) is 2.39. The van der Waals surface area contributed by atoms with Gasteiger partial charge >= 0.3 is 0 Å². The Morgan fingerprint density at radius 3 is 2.53 bits per heavy atom. The first-order valence-electron chi connectivity index (χ1n) is 6.13. The molecule has 0 unspecified atom stereocenters. The molecule has 90 valence electrons. The second-order valence-electron chi connectivity index (χ2n) is 4.49. The Kier molecular flexibility index (Phi) is 9.59. The minimum atomic E-state index is 0.174. The molecule has 0 aromatic heterocycles. The van der Waals surface area contributed by atoms with Gasteiger partial charge in [-0.3, -0.25) is 4.79 Å². The summed E-state index contributed by atoms with van der Waals surface area (Å²) in [6, 6.07) is 0. The molecule has 0 saturated heterocycles. The summed E-state index contributed by atoms with van der Waals surface area (Å²) in [6.45, 7) is 5.96. The maximum atomic E-state index is 11.3. The Bertz CT molecular complexity index is 158. The average Bonchev–Trinajstić information content (AvgIpc) is 2.17. The lowest BCUT2D eigenvalue weighted by atomic mass is 10.1. The third kappa shape index (κ3) is 11.4. The number of amides is 1. The zero-order valence-electron chi connectivity index (χ0n) is 10.2. The Hall–Kier alpha value is -0.570. The first-order chi connectivity index (χ1) is 7.16. The maximum absolute atomic E-state index is 11.3. The van der Waals surface area contributed by atoms with E-state index in [2.05, 4.69) is 19.2 Å². The van der Waals surface area contributed by atoms with Crippen molar-refractivity contribution >= 4 is 5.91 Å². The molecule has 0 aliphatic rings. The van der Waals surface area contributed by atoms with E-state index in [1.807, 2.05) is 0 Å². The summed E-state index contributed by atoms with van der Waals surface area (Å²) in [5.74, 6) is 0.943. The van der Waals surface area contributed by atoms with Gasteiger partial charge in [-0.15, -0.1) is 0 Å². The van der Waals surface area contributed by atoms with Crippen LogP contribution in [0.5, 0.6) is 0 Å². The molecule has 3 heteroatoms. The molecule has 0 aromatic rings. The minimum Gasteiger partial charge on any atom is -0.356 e. The summed E-state index contributed by atoms with van der Waals surface area (Å²) in [7, 11) is 0. The molecule has 0 spiro atoms. The molecule has 0 aliphatic heterocycles. The van der Waals surface area contributed by atoms with E-state index in [-0.39, 0.29) is 5.91 Å². The fourth-order valence-corrected chi connectivity index (χ4v) is 1.42. The van der Waals surface area contributed by atoms with Crippen LogP contribution in [-0.4, -0.2) is 19.0 Å². The van der Waals surface area contributed by atoms with Gasteiger partial charge in [0, 0.05) is 13.0 Å². The van der Waals surface area contributed by atoms with Crippen molar-refractivity contribution in [2.24, 2.45) is 11.7 Å². The molecule has 1 amide bonds. The third-order valence-electron chi connectivity index (χ3n) is 2.39. The molecule has 3 N–H and O–H groups in total. The second-order valence-corrected chi connectivity index (χ2v) is 4.49. The normalized spacial score (nSPS) is 10.7. The largest absolute Gasteiger partial charge is 0.356 e. The summed E-state index contributed by atoms with van der Waals surface area (Å²) >= 11 is 0. The summed E-state index contributed by atoms with van der Waals surface area (Å²) in [4.78, 5) is 11.3. The SMILES string of the molecule is CC(C)CCCCNC(=O)CCCCN. The summed E-state index contributed by atoms with van der Waals surface area (Å²) < 4.78 is 0. The average molecular weight is 214 g/mol. The Labute approximate surface area is 93.8 Å². The first kappa shape index (κ1) is 14.4. The van der Waals surface area contributed by atoms with E-state index >= 15 is 0 Å². The van der Waals surface area contributed by atoms with E-state index in [1.54, 1.807) is 0 Å². The topological polar surface area (TPSA) is 55.1 Å². The van der Waals surface area contributed by atoms with E-state index < -0.39 is 0 Å². The van der Waals surface area contributed by atoms with Gasteiger partial charge in [0.05, 0.1) is 0 Å². The van der Waals surface area contributed by atoms with Gasteiger partial charge in [0.1, 0.15) is 0 Å². The van der Waals surface area contributed by atoms with Crippen LogP contribution >= 0.6 is 0 Å². The first-order valence-corrected chi connectivity index (χ1v) is 6.13. The fraction of sp³-hybridized carbons (Fsp3) is 0.917. The van der Waals surface area contributed by atoms with E-state index in [4.69, 9.17) is 5.73 Å². The van der Waals surface area contributed by atoms with Gasteiger partial charge in [-0.2, -0.15) is 0 Å². The van der Waals surface area contributed by atoms with Crippen LogP contribution in [0.2, 0.25) is 0 Å². The highest BCUT2D eigenvalue weighted by Gasteiger charge is 1.99. The number of rotatable bonds is 9. The summed E-state index contributed by atoms with van der Waals surface area (Å²) in [5.41, 5.74) is 5.35. The Balaban J connectivity index is 3.17. The van der Waals surface area contributed by atoms with Crippen molar-refractivity contribution in [2.45, 2.75) is 52.4 Å². The maximum Gasteiger partial charge on any atom is 0.219 e. The van der Waals surface area contributed by atoms with Gasteiger partial charge in [0.25, 0.3) is 0 Å². The highest BCUT2D eigenvalue weighted by atomic mass is 16.1. The highest BCUT2D eigenvalue weighted by Crippen LogP contribution is 2.05. The molecule has 0 aromatic carbocycles. The van der Waals surface area contributed by atoms with Crippen LogP contribution in [0, 0.1) is 5.92 Å². The molecule has 15 heavy (non-hydrogen) atoms. The molecular weight excluding hydrogens is 188 g/mol. The smallest absolute Gasteiger partial charge is 0.219 e. The van der Waals surface area contributed by atoms with Crippen LogP contribution in [-0.2, 0) is 4.79 Å². The number of carbonyl (C=O) groups excluding carboxylic acids is 1. The standard InChI is InChI=1S/C12H26N2O/c1-11(2)7-4-6-10-14-12(15)8-3-5-9-13/h11H,3-10,13H2,1-2H3,(H,14,15). The second kappa shape index (κ2) is 9.97. The lowest BCUT2D eigenvalue weighted by Gasteiger charge is -2.06. The molecule has 3 nitrogen and oxygen atoms in total. The van der Waals surface area contributed by atoms with E-state index in [9.17, 15) is 4.79 Å². The molecule has 0 rings (SSSR count). The molecule has 0 saturated carbocycles. The van der Waals surface area contributed by atoms with Crippen molar-refractivity contribution in [3.8, 4) is 0 Å². The molecule has 0 bridgehead atoms. The van der Waals surface area contributed by atoms with E-state index in [0.29, 0.717) is 13.0 Å². The molecule has 0 heterocycles. The van der Waals surface area contributed by atoms with Crippen molar-refractivity contribution in [3.05, 3.63) is 0 Å². The number of carbonyl (C=O) groups is 1. The van der Waals surface area contributed by atoms with Crippen molar-refractivity contribution in [3.63, 3.8) is 0 Å². The monoisotopic (exact) mass is 214 g/mol. The van der Waals surface area contributed by atoms with Crippen molar-refractivity contribution in [2.75, 3.05) is 13.1 Å². The van der Waals surface area contributed by atoms with Crippen LogP contribution < -0.4 is 11.1 Å². The minimum absolute atomic E-state index is 0.174. The number of unbranched alkanes of at least 4 members (excludes halogenated alkanes) is 2. The zero-order chi connectivity index (χ0) is 11.5. The van der Waals surface area contributed by atoms with Gasteiger partial charge in [0.15, 0.2) is 0 Å². The molecule has 0 atom stereocenters. The van der Waals surface area contributed by atoms with Crippen LogP contribution in [0.1, 0.15) is 52.4 Å². The predicted octanol–water partition coefficient (Wildman–Crippen LogP) is 2.06. The Morgan fingerprint density at radius 2 is 1.93 bits per heavy atom. The lowest BCUT2D eigenvalue weighted by Crippen LogP contribution is -2.24. The molecule has 0 fully saturated rings. The zero-order valence-corrected chi connectivity index (χ0v) is 10.2. The van der Waals surface area contributed by atoms with Gasteiger partial charge in [-0.25, -0.2) is 0 Å².